The maximum absolute atomic E-state index is 12.9. The Labute approximate surface area is 149 Å². The van der Waals surface area contributed by atoms with E-state index in [1.54, 1.807) is 19.2 Å². The summed E-state index contributed by atoms with van der Waals surface area (Å²) < 4.78 is 23.3. The number of benzene rings is 1. The van der Waals surface area contributed by atoms with E-state index in [1.807, 2.05) is 32.9 Å². The number of aryl methyl sites for hydroxylation is 1. The van der Waals surface area contributed by atoms with Crippen LogP contribution in [0.5, 0.6) is 0 Å². The van der Waals surface area contributed by atoms with Crippen molar-refractivity contribution in [3.8, 4) is 0 Å². The van der Waals surface area contributed by atoms with Crippen molar-refractivity contribution in [3.05, 3.63) is 35.4 Å². The van der Waals surface area contributed by atoms with Gasteiger partial charge in [-0.1, -0.05) is 32.0 Å². The first kappa shape index (κ1) is 19.4. The molecule has 25 heavy (non-hydrogen) atoms. The van der Waals surface area contributed by atoms with Gasteiger partial charge in [0.25, 0.3) is 5.91 Å². The summed E-state index contributed by atoms with van der Waals surface area (Å²) >= 11 is 0. The van der Waals surface area contributed by atoms with Crippen molar-refractivity contribution in [3.63, 3.8) is 0 Å². The van der Waals surface area contributed by atoms with Gasteiger partial charge in [-0.15, -0.1) is 0 Å². The highest BCUT2D eigenvalue weighted by molar-refractivity contribution is 7.91. The lowest BCUT2D eigenvalue weighted by molar-refractivity contribution is -0.134. The van der Waals surface area contributed by atoms with Crippen LogP contribution in [0.25, 0.3) is 0 Å². The highest BCUT2D eigenvalue weighted by atomic mass is 32.2. The number of sulfone groups is 1. The molecule has 0 aromatic heterocycles. The Morgan fingerprint density at radius 1 is 1.24 bits per heavy atom. The monoisotopic (exact) mass is 366 g/mol. The average Bonchev–Trinajstić information content (AvgIpc) is 2.91. The molecule has 1 fully saturated rings. The van der Waals surface area contributed by atoms with Crippen LogP contribution < -0.4 is 5.32 Å². The molecule has 1 aliphatic rings. The molecule has 2 unspecified atom stereocenters. The summed E-state index contributed by atoms with van der Waals surface area (Å²) in [6.07, 6.45) is 0.446. The summed E-state index contributed by atoms with van der Waals surface area (Å²) in [7, 11) is -1.46. The van der Waals surface area contributed by atoms with Crippen molar-refractivity contribution >= 4 is 21.7 Å². The van der Waals surface area contributed by atoms with E-state index in [1.165, 1.54) is 4.90 Å². The number of likely N-dealkylation sites (N-methyl/N-ethyl adjacent to an activating group) is 1. The first-order valence-corrected chi connectivity index (χ1v) is 10.3. The molecule has 1 aliphatic heterocycles. The van der Waals surface area contributed by atoms with Crippen LogP contribution in [-0.4, -0.2) is 55.8 Å². The summed E-state index contributed by atoms with van der Waals surface area (Å²) in [5.41, 5.74) is 1.37. The van der Waals surface area contributed by atoms with Crippen molar-refractivity contribution < 1.29 is 18.0 Å². The summed E-state index contributed by atoms with van der Waals surface area (Å²) in [5, 5.41) is 2.82. The number of hydrogen-bond acceptors (Lipinski definition) is 4. The Morgan fingerprint density at radius 3 is 2.40 bits per heavy atom. The average molecular weight is 366 g/mol. The minimum absolute atomic E-state index is 0.00814. The van der Waals surface area contributed by atoms with Gasteiger partial charge < -0.3 is 10.2 Å². The number of amides is 2. The van der Waals surface area contributed by atoms with E-state index in [-0.39, 0.29) is 35.3 Å². The van der Waals surface area contributed by atoms with Gasteiger partial charge in [0.2, 0.25) is 5.91 Å². The van der Waals surface area contributed by atoms with Gasteiger partial charge in [-0.05, 0) is 30.9 Å². The second-order valence-corrected chi connectivity index (χ2v) is 9.24. The highest BCUT2D eigenvalue weighted by Crippen LogP contribution is 2.19. The molecule has 2 atom stereocenters. The van der Waals surface area contributed by atoms with Gasteiger partial charge in [0, 0.05) is 18.7 Å². The van der Waals surface area contributed by atoms with E-state index in [0.717, 1.165) is 5.56 Å². The molecule has 0 radical (unpaired) electrons. The van der Waals surface area contributed by atoms with Crippen LogP contribution in [0.4, 0.5) is 0 Å². The Bertz CT molecular complexity index is 758. The highest BCUT2D eigenvalue weighted by Gasteiger charge is 2.36. The molecule has 138 valence electrons. The molecule has 0 aliphatic carbocycles. The van der Waals surface area contributed by atoms with E-state index in [4.69, 9.17) is 0 Å². The topological polar surface area (TPSA) is 83.6 Å². The molecule has 6 nitrogen and oxygen atoms in total. The van der Waals surface area contributed by atoms with E-state index in [9.17, 15) is 18.0 Å². The van der Waals surface area contributed by atoms with Gasteiger partial charge in [0.05, 0.1) is 11.5 Å². The molecule has 0 saturated carbocycles. The fourth-order valence-electron chi connectivity index (χ4n) is 3.04. The lowest BCUT2D eigenvalue weighted by atomic mass is 10.0. The fraction of sp³-hybridized carbons (Fsp3) is 0.556. The van der Waals surface area contributed by atoms with Crippen LogP contribution >= 0.6 is 0 Å². The van der Waals surface area contributed by atoms with Crippen molar-refractivity contribution in [2.75, 3.05) is 18.6 Å². The quantitative estimate of drug-likeness (QED) is 0.854. The summed E-state index contributed by atoms with van der Waals surface area (Å²) in [6, 6.07) is 6.18. The van der Waals surface area contributed by atoms with Crippen molar-refractivity contribution in [2.24, 2.45) is 5.92 Å². The molecule has 2 amide bonds. The second-order valence-electron chi connectivity index (χ2n) is 7.02. The lowest BCUT2D eigenvalue weighted by Gasteiger charge is -2.30. The van der Waals surface area contributed by atoms with Crippen LogP contribution in [-0.2, 0) is 14.6 Å². The van der Waals surface area contributed by atoms with Gasteiger partial charge in [0.15, 0.2) is 9.84 Å². The van der Waals surface area contributed by atoms with Gasteiger partial charge in [-0.25, -0.2) is 8.42 Å². The normalized spacial score (nSPS) is 20.3. The van der Waals surface area contributed by atoms with Crippen LogP contribution in [0.2, 0.25) is 0 Å². The van der Waals surface area contributed by atoms with E-state index in [2.05, 4.69) is 5.32 Å². The predicted molar refractivity (Wildman–Crippen MR) is 97.1 cm³/mol. The summed E-state index contributed by atoms with van der Waals surface area (Å²) in [6.45, 7) is 5.57. The molecule has 1 aromatic rings. The largest absolute Gasteiger partial charge is 0.340 e. The van der Waals surface area contributed by atoms with E-state index in [0.29, 0.717) is 12.0 Å². The molecule has 1 N–H and O–H groups in total. The van der Waals surface area contributed by atoms with Crippen LogP contribution in [0.3, 0.4) is 0 Å². The van der Waals surface area contributed by atoms with Gasteiger partial charge in [-0.2, -0.15) is 0 Å². The lowest BCUT2D eigenvalue weighted by Crippen LogP contribution is -2.53. The fourth-order valence-corrected chi connectivity index (χ4v) is 4.81. The number of hydrogen-bond donors (Lipinski definition) is 1. The van der Waals surface area contributed by atoms with E-state index >= 15 is 0 Å². The van der Waals surface area contributed by atoms with Gasteiger partial charge in [0.1, 0.15) is 6.04 Å². The standard InChI is InChI=1S/C18H26N2O4S/c1-12(2)16(19-17(21)15-8-6-5-7-13(15)3)18(22)20(4)14-9-10-25(23,24)11-14/h5-8,12,14,16H,9-11H2,1-4H3,(H,19,21). The molecular formula is C18H26N2O4S. The zero-order valence-corrected chi connectivity index (χ0v) is 16.0. The first-order valence-electron chi connectivity index (χ1n) is 8.46. The van der Waals surface area contributed by atoms with Crippen LogP contribution in [0.15, 0.2) is 24.3 Å². The minimum Gasteiger partial charge on any atom is -0.340 e. The maximum Gasteiger partial charge on any atom is 0.252 e. The van der Waals surface area contributed by atoms with Crippen molar-refractivity contribution in [1.29, 1.82) is 0 Å². The Morgan fingerprint density at radius 2 is 1.88 bits per heavy atom. The van der Waals surface area contributed by atoms with E-state index < -0.39 is 15.9 Å². The summed E-state index contributed by atoms with van der Waals surface area (Å²) in [5.74, 6) is -0.555. The molecule has 1 heterocycles. The SMILES string of the molecule is Cc1ccccc1C(=O)NC(C(=O)N(C)C1CCS(=O)(=O)C1)C(C)C. The zero-order chi connectivity index (χ0) is 18.8. The third-order valence-corrected chi connectivity index (χ3v) is 6.46. The molecule has 0 bridgehead atoms. The number of rotatable bonds is 5. The molecular weight excluding hydrogens is 340 g/mol. The van der Waals surface area contributed by atoms with Crippen LogP contribution in [0, 0.1) is 12.8 Å². The molecule has 1 aromatic carbocycles. The second kappa shape index (κ2) is 7.56. The van der Waals surface area contributed by atoms with Crippen LogP contribution in [0.1, 0.15) is 36.2 Å². The van der Waals surface area contributed by atoms with Crippen molar-refractivity contribution in [1.82, 2.24) is 10.2 Å². The number of carbonyl (C=O) groups excluding carboxylic acids is 2. The maximum atomic E-state index is 12.9. The minimum atomic E-state index is -3.07. The van der Waals surface area contributed by atoms with Gasteiger partial charge >= 0.3 is 0 Å². The van der Waals surface area contributed by atoms with Gasteiger partial charge in [-0.3, -0.25) is 9.59 Å². The third kappa shape index (κ3) is 4.60. The van der Waals surface area contributed by atoms with Crippen molar-refractivity contribution in [2.45, 2.75) is 39.3 Å². The third-order valence-electron chi connectivity index (χ3n) is 4.71. The molecule has 1 saturated heterocycles. The first-order chi connectivity index (χ1) is 11.6. The molecule has 0 spiro atoms. The number of nitrogens with zero attached hydrogens (tertiary/aromatic N) is 1. The Kier molecular flexibility index (Phi) is 5.87. The number of nitrogens with one attached hydrogen (secondary N) is 1. The molecule has 2 rings (SSSR count). The molecule has 7 heteroatoms. The zero-order valence-electron chi connectivity index (χ0n) is 15.2. The Hall–Kier alpha value is -1.89. The smallest absolute Gasteiger partial charge is 0.252 e. The predicted octanol–water partition coefficient (Wildman–Crippen LogP) is 1.39. The summed E-state index contributed by atoms with van der Waals surface area (Å²) in [4.78, 5) is 26.9. The Balaban J connectivity index is 2.13. The number of carbonyl (C=O) groups is 2.